The molecule has 1 saturated carbocycles. The lowest BCUT2D eigenvalue weighted by molar-refractivity contribution is -0.141. The maximum absolute atomic E-state index is 12.1. The molecule has 1 aliphatic heterocycles. The van der Waals surface area contributed by atoms with Gasteiger partial charge in [0.1, 0.15) is 6.54 Å². The van der Waals surface area contributed by atoms with E-state index in [1.807, 2.05) is 4.68 Å². The van der Waals surface area contributed by atoms with Crippen LogP contribution in [-0.4, -0.2) is 58.1 Å². The van der Waals surface area contributed by atoms with Crippen LogP contribution in [-0.2, 0) is 9.53 Å². The van der Waals surface area contributed by atoms with Crippen LogP contribution in [0, 0.1) is 0 Å². The number of ether oxygens (including phenoxy) is 1. The summed E-state index contributed by atoms with van der Waals surface area (Å²) in [5.41, 5.74) is 1.12. The van der Waals surface area contributed by atoms with Gasteiger partial charge in [-0.15, -0.1) is 5.10 Å². The molecule has 1 saturated heterocycles. The fraction of sp³-hybridized carbons (Fsp3) is 0.765. The SMILES string of the molecule is CCOC(=O)CNC(=O)N1CCC(n2cc(C3CCCC3)nn2)CC1. The van der Waals surface area contributed by atoms with Crippen LogP contribution in [0.3, 0.4) is 0 Å². The number of hydrogen-bond acceptors (Lipinski definition) is 5. The number of hydrogen-bond donors (Lipinski definition) is 1. The Balaban J connectivity index is 1.45. The van der Waals surface area contributed by atoms with Crippen LogP contribution in [0.5, 0.6) is 0 Å². The second-order valence-corrected chi connectivity index (χ2v) is 6.79. The molecular weight excluding hydrogens is 322 g/mol. The quantitative estimate of drug-likeness (QED) is 0.820. The van der Waals surface area contributed by atoms with Crippen LogP contribution < -0.4 is 5.32 Å². The Bertz CT molecular complexity index is 589. The number of esters is 1. The molecule has 2 heterocycles. The minimum Gasteiger partial charge on any atom is -0.465 e. The Morgan fingerprint density at radius 2 is 1.96 bits per heavy atom. The second kappa shape index (κ2) is 8.31. The van der Waals surface area contributed by atoms with E-state index in [-0.39, 0.29) is 18.6 Å². The lowest BCUT2D eigenvalue weighted by Crippen LogP contribution is -2.46. The standard InChI is InChI=1S/C17H27N5O3/c1-2-25-16(23)11-18-17(24)21-9-7-14(8-10-21)22-12-15(19-20-22)13-5-3-4-6-13/h12-14H,2-11H2,1H3,(H,18,24). The van der Waals surface area contributed by atoms with Gasteiger partial charge in [0.05, 0.1) is 18.3 Å². The van der Waals surface area contributed by atoms with Crippen molar-refractivity contribution in [1.82, 2.24) is 25.2 Å². The van der Waals surface area contributed by atoms with Gasteiger partial charge in [-0.1, -0.05) is 18.1 Å². The van der Waals surface area contributed by atoms with Crippen LogP contribution in [0.15, 0.2) is 6.20 Å². The Morgan fingerprint density at radius 1 is 1.24 bits per heavy atom. The number of aromatic nitrogens is 3. The normalized spacial score (nSPS) is 19.2. The molecule has 8 nitrogen and oxygen atoms in total. The number of amides is 2. The van der Waals surface area contributed by atoms with Gasteiger partial charge in [-0.05, 0) is 32.6 Å². The third kappa shape index (κ3) is 4.49. The molecule has 1 N–H and O–H groups in total. The number of urea groups is 1. The summed E-state index contributed by atoms with van der Waals surface area (Å²) in [4.78, 5) is 25.1. The summed E-state index contributed by atoms with van der Waals surface area (Å²) in [6, 6.07) is 0.0773. The Hall–Kier alpha value is -2.12. The Labute approximate surface area is 147 Å². The van der Waals surface area contributed by atoms with Crippen molar-refractivity contribution in [3.63, 3.8) is 0 Å². The maximum atomic E-state index is 12.1. The van der Waals surface area contributed by atoms with Gasteiger partial charge in [0.15, 0.2) is 0 Å². The molecule has 0 spiro atoms. The topological polar surface area (TPSA) is 89.4 Å². The van der Waals surface area contributed by atoms with Crippen molar-refractivity contribution in [3.8, 4) is 0 Å². The summed E-state index contributed by atoms with van der Waals surface area (Å²) in [5.74, 6) is 0.162. The molecule has 0 bridgehead atoms. The van der Waals surface area contributed by atoms with E-state index in [4.69, 9.17) is 4.74 Å². The predicted octanol–water partition coefficient (Wildman–Crippen LogP) is 1.85. The molecule has 1 aromatic heterocycles. The summed E-state index contributed by atoms with van der Waals surface area (Å²) >= 11 is 0. The third-order valence-electron chi connectivity index (χ3n) is 5.12. The zero-order valence-electron chi connectivity index (χ0n) is 14.8. The molecule has 3 rings (SSSR count). The van der Waals surface area contributed by atoms with Crippen molar-refractivity contribution in [2.24, 2.45) is 0 Å². The van der Waals surface area contributed by atoms with E-state index in [0.717, 1.165) is 18.5 Å². The number of nitrogens with zero attached hydrogens (tertiary/aromatic N) is 4. The first-order valence-electron chi connectivity index (χ1n) is 9.27. The average Bonchev–Trinajstić information content (AvgIpc) is 3.31. The van der Waals surface area contributed by atoms with E-state index in [1.54, 1.807) is 11.8 Å². The summed E-state index contributed by atoms with van der Waals surface area (Å²) in [6.07, 6.45) is 8.81. The van der Waals surface area contributed by atoms with Gasteiger partial charge in [-0.3, -0.25) is 4.79 Å². The first-order chi connectivity index (χ1) is 12.2. The lowest BCUT2D eigenvalue weighted by atomic mass is 10.0. The molecule has 138 valence electrons. The summed E-state index contributed by atoms with van der Waals surface area (Å²) < 4.78 is 6.78. The highest BCUT2D eigenvalue weighted by molar-refractivity contribution is 5.80. The fourth-order valence-corrected chi connectivity index (χ4v) is 3.68. The highest BCUT2D eigenvalue weighted by Gasteiger charge is 2.26. The first-order valence-corrected chi connectivity index (χ1v) is 9.27. The largest absolute Gasteiger partial charge is 0.465 e. The molecule has 2 amide bonds. The van der Waals surface area contributed by atoms with E-state index in [9.17, 15) is 9.59 Å². The van der Waals surface area contributed by atoms with Gasteiger partial charge < -0.3 is 15.0 Å². The molecule has 0 aromatic carbocycles. The Morgan fingerprint density at radius 3 is 2.64 bits per heavy atom. The third-order valence-corrected chi connectivity index (χ3v) is 5.12. The molecule has 0 atom stereocenters. The van der Waals surface area contributed by atoms with Gasteiger partial charge in [0.25, 0.3) is 0 Å². The number of carbonyl (C=O) groups is 2. The van der Waals surface area contributed by atoms with Crippen LogP contribution in [0.2, 0.25) is 0 Å². The lowest BCUT2D eigenvalue weighted by Gasteiger charge is -2.31. The van der Waals surface area contributed by atoms with E-state index < -0.39 is 5.97 Å². The van der Waals surface area contributed by atoms with Gasteiger partial charge in [-0.25, -0.2) is 9.48 Å². The van der Waals surface area contributed by atoms with E-state index in [0.29, 0.717) is 25.6 Å². The van der Waals surface area contributed by atoms with Gasteiger partial charge in [-0.2, -0.15) is 0 Å². The molecule has 25 heavy (non-hydrogen) atoms. The van der Waals surface area contributed by atoms with Gasteiger partial charge >= 0.3 is 12.0 Å². The molecule has 1 aromatic rings. The fourth-order valence-electron chi connectivity index (χ4n) is 3.68. The van der Waals surface area contributed by atoms with E-state index in [2.05, 4.69) is 21.8 Å². The number of piperidine rings is 1. The first kappa shape index (κ1) is 17.7. The van der Waals surface area contributed by atoms with Gasteiger partial charge in [0, 0.05) is 25.2 Å². The minimum atomic E-state index is -0.409. The zero-order chi connectivity index (χ0) is 17.6. The number of likely N-dealkylation sites (tertiary alicyclic amines) is 1. The summed E-state index contributed by atoms with van der Waals surface area (Å²) in [6.45, 7) is 3.28. The zero-order valence-corrected chi connectivity index (χ0v) is 14.8. The highest BCUT2D eigenvalue weighted by Crippen LogP contribution is 2.33. The van der Waals surface area contributed by atoms with Crippen molar-refractivity contribution < 1.29 is 14.3 Å². The smallest absolute Gasteiger partial charge is 0.325 e. The van der Waals surface area contributed by atoms with Crippen LogP contribution in [0.1, 0.15) is 63.1 Å². The van der Waals surface area contributed by atoms with Crippen LogP contribution >= 0.6 is 0 Å². The molecule has 0 radical (unpaired) electrons. The van der Waals surface area contributed by atoms with Gasteiger partial charge in [0.2, 0.25) is 0 Å². The van der Waals surface area contributed by atoms with E-state index in [1.165, 1.54) is 25.7 Å². The highest BCUT2D eigenvalue weighted by atomic mass is 16.5. The van der Waals surface area contributed by atoms with Crippen molar-refractivity contribution in [2.75, 3.05) is 26.2 Å². The number of carbonyl (C=O) groups excluding carboxylic acids is 2. The monoisotopic (exact) mass is 349 g/mol. The van der Waals surface area contributed by atoms with Crippen LogP contribution in [0.25, 0.3) is 0 Å². The number of rotatable bonds is 5. The second-order valence-electron chi connectivity index (χ2n) is 6.79. The molecule has 2 aliphatic rings. The molecular formula is C17H27N5O3. The van der Waals surface area contributed by atoms with Crippen LogP contribution in [0.4, 0.5) is 4.79 Å². The van der Waals surface area contributed by atoms with Crippen molar-refractivity contribution >= 4 is 12.0 Å². The molecule has 1 aliphatic carbocycles. The van der Waals surface area contributed by atoms with Crippen molar-refractivity contribution in [3.05, 3.63) is 11.9 Å². The van der Waals surface area contributed by atoms with Crippen molar-refractivity contribution in [1.29, 1.82) is 0 Å². The number of nitrogens with one attached hydrogen (secondary N) is 1. The molecule has 0 unspecified atom stereocenters. The average molecular weight is 349 g/mol. The molecule has 8 heteroatoms. The maximum Gasteiger partial charge on any atom is 0.325 e. The predicted molar refractivity (Wildman–Crippen MR) is 91.1 cm³/mol. The Kier molecular flexibility index (Phi) is 5.88. The van der Waals surface area contributed by atoms with Crippen molar-refractivity contribution in [2.45, 2.75) is 57.4 Å². The molecule has 2 fully saturated rings. The van der Waals surface area contributed by atoms with E-state index >= 15 is 0 Å². The summed E-state index contributed by atoms with van der Waals surface area (Å²) in [5, 5.41) is 11.3. The minimum absolute atomic E-state index is 0.0829. The summed E-state index contributed by atoms with van der Waals surface area (Å²) in [7, 11) is 0.